The Balaban J connectivity index is 1.27. The van der Waals surface area contributed by atoms with Crippen molar-refractivity contribution < 1.29 is 8.42 Å². The molecule has 6 heteroatoms. The summed E-state index contributed by atoms with van der Waals surface area (Å²) in [4.78, 5) is 4.80. The highest BCUT2D eigenvalue weighted by Gasteiger charge is 2.51. The van der Waals surface area contributed by atoms with Gasteiger partial charge in [0, 0.05) is 5.54 Å². The minimum absolute atomic E-state index is 0.0147. The van der Waals surface area contributed by atoms with Crippen molar-refractivity contribution in [2.24, 2.45) is 17.8 Å². The van der Waals surface area contributed by atoms with E-state index in [1.807, 2.05) is 18.2 Å². The van der Waals surface area contributed by atoms with Gasteiger partial charge in [-0.3, -0.25) is 4.72 Å². The Labute approximate surface area is 186 Å². The molecular weight excluding hydrogens is 406 g/mol. The van der Waals surface area contributed by atoms with Gasteiger partial charge in [0.05, 0.1) is 16.8 Å². The van der Waals surface area contributed by atoms with Gasteiger partial charge in [0.2, 0.25) is 0 Å². The number of hydrogen-bond acceptors (Lipinski definition) is 4. The molecule has 0 amide bonds. The summed E-state index contributed by atoms with van der Waals surface area (Å²) in [5, 5.41) is 3.74. The minimum atomic E-state index is -3.64. The molecule has 0 atom stereocenters. The zero-order valence-corrected chi connectivity index (χ0v) is 19.5. The SMILES string of the molecule is CC(C)(C)c1ccc(S(=O)(=O)Nc2ccc(NC34CC5CC(CC(C5)C3)C4)nc2)cc1. The third-order valence-corrected chi connectivity index (χ3v) is 8.88. The minimum Gasteiger partial charge on any atom is -0.365 e. The van der Waals surface area contributed by atoms with E-state index in [1.165, 1.54) is 38.5 Å². The van der Waals surface area contributed by atoms with Crippen LogP contribution in [0, 0.1) is 17.8 Å². The first-order valence-electron chi connectivity index (χ1n) is 11.5. The molecule has 0 saturated heterocycles. The summed E-state index contributed by atoms with van der Waals surface area (Å²) in [7, 11) is -3.64. The van der Waals surface area contributed by atoms with Crippen LogP contribution in [0.25, 0.3) is 0 Å². The molecular formula is C25H33N3O2S. The van der Waals surface area contributed by atoms with E-state index in [4.69, 9.17) is 0 Å². The fraction of sp³-hybridized carbons (Fsp3) is 0.560. The normalized spacial score (nSPS) is 29.7. The van der Waals surface area contributed by atoms with Gasteiger partial charge in [-0.1, -0.05) is 32.9 Å². The van der Waals surface area contributed by atoms with Crippen molar-refractivity contribution in [2.45, 2.75) is 75.1 Å². The molecule has 0 aliphatic heterocycles. The molecule has 0 unspecified atom stereocenters. The zero-order chi connectivity index (χ0) is 21.9. The van der Waals surface area contributed by atoms with Gasteiger partial charge >= 0.3 is 0 Å². The van der Waals surface area contributed by atoms with Gasteiger partial charge in [-0.25, -0.2) is 13.4 Å². The Bertz CT molecular complexity index is 1020. The molecule has 1 heterocycles. The maximum absolute atomic E-state index is 12.8. The molecule has 1 aromatic carbocycles. The molecule has 1 aromatic heterocycles. The Hall–Kier alpha value is -2.08. The van der Waals surface area contributed by atoms with Crippen molar-refractivity contribution in [2.75, 3.05) is 10.0 Å². The molecule has 4 aliphatic carbocycles. The largest absolute Gasteiger partial charge is 0.365 e. The van der Waals surface area contributed by atoms with Crippen molar-refractivity contribution in [1.82, 2.24) is 4.98 Å². The van der Waals surface area contributed by atoms with Gasteiger partial charge in [-0.2, -0.15) is 0 Å². The number of nitrogens with one attached hydrogen (secondary N) is 2. The van der Waals surface area contributed by atoms with E-state index in [2.05, 4.69) is 35.8 Å². The fourth-order valence-corrected chi connectivity index (χ4v) is 7.46. The van der Waals surface area contributed by atoms with Gasteiger partial charge in [0.25, 0.3) is 10.0 Å². The monoisotopic (exact) mass is 439 g/mol. The van der Waals surface area contributed by atoms with Crippen LogP contribution in [-0.2, 0) is 15.4 Å². The quantitative estimate of drug-likeness (QED) is 0.640. The maximum Gasteiger partial charge on any atom is 0.261 e. The molecule has 6 rings (SSSR count). The van der Waals surface area contributed by atoms with E-state index in [0.717, 1.165) is 29.1 Å². The summed E-state index contributed by atoms with van der Waals surface area (Å²) in [5.41, 5.74) is 1.76. The number of sulfonamides is 1. The highest BCUT2D eigenvalue weighted by molar-refractivity contribution is 7.92. The van der Waals surface area contributed by atoms with Gasteiger partial charge in [0.15, 0.2) is 0 Å². The summed E-state index contributed by atoms with van der Waals surface area (Å²) in [6.45, 7) is 6.33. The summed E-state index contributed by atoms with van der Waals surface area (Å²) in [6.07, 6.45) is 9.59. The predicted octanol–water partition coefficient (Wildman–Crippen LogP) is 5.56. The molecule has 31 heavy (non-hydrogen) atoms. The van der Waals surface area contributed by atoms with Crippen LogP contribution in [0.2, 0.25) is 0 Å². The van der Waals surface area contributed by atoms with Crippen molar-refractivity contribution in [3.05, 3.63) is 48.2 Å². The fourth-order valence-electron chi connectivity index (χ4n) is 6.41. The van der Waals surface area contributed by atoms with Crippen LogP contribution in [0.3, 0.4) is 0 Å². The van der Waals surface area contributed by atoms with Crippen LogP contribution in [-0.4, -0.2) is 18.9 Å². The van der Waals surface area contributed by atoms with Gasteiger partial charge in [-0.15, -0.1) is 0 Å². The molecule has 4 fully saturated rings. The van der Waals surface area contributed by atoms with Crippen molar-refractivity contribution in [3.63, 3.8) is 0 Å². The average Bonchev–Trinajstić information content (AvgIpc) is 2.67. The summed E-state index contributed by atoms with van der Waals surface area (Å²) in [5.74, 6) is 3.46. The first-order valence-corrected chi connectivity index (χ1v) is 13.0. The summed E-state index contributed by atoms with van der Waals surface area (Å²) < 4.78 is 28.2. The number of aromatic nitrogens is 1. The van der Waals surface area contributed by atoms with Gasteiger partial charge < -0.3 is 5.32 Å². The van der Waals surface area contributed by atoms with Gasteiger partial charge in [0.1, 0.15) is 5.82 Å². The second-order valence-electron chi connectivity index (χ2n) is 11.1. The van der Waals surface area contributed by atoms with Crippen LogP contribution >= 0.6 is 0 Å². The number of rotatable bonds is 5. The van der Waals surface area contributed by atoms with Crippen LogP contribution < -0.4 is 10.0 Å². The molecule has 2 N–H and O–H groups in total. The van der Waals surface area contributed by atoms with Gasteiger partial charge in [-0.05, 0) is 91.5 Å². The standard InChI is InChI=1S/C25H33N3O2S/c1-24(2,3)20-4-7-22(8-5-20)31(29,30)28-21-6-9-23(26-16-21)27-25-13-17-10-18(14-25)12-19(11-17)15-25/h4-9,16-19,28H,10-15H2,1-3H3,(H,26,27). The molecule has 4 saturated carbocycles. The van der Waals surface area contributed by atoms with E-state index in [-0.39, 0.29) is 15.8 Å². The Morgan fingerprint density at radius 2 is 1.48 bits per heavy atom. The van der Waals surface area contributed by atoms with Crippen molar-refractivity contribution in [3.8, 4) is 0 Å². The molecule has 2 aromatic rings. The second kappa shape index (κ2) is 7.22. The lowest BCUT2D eigenvalue weighted by atomic mass is 9.53. The molecule has 5 nitrogen and oxygen atoms in total. The van der Waals surface area contributed by atoms with E-state index >= 15 is 0 Å². The van der Waals surface area contributed by atoms with E-state index in [1.54, 1.807) is 24.4 Å². The maximum atomic E-state index is 12.8. The second-order valence-corrected chi connectivity index (χ2v) is 12.8. The van der Waals surface area contributed by atoms with E-state index < -0.39 is 10.0 Å². The summed E-state index contributed by atoms with van der Waals surface area (Å²) >= 11 is 0. The highest BCUT2D eigenvalue weighted by atomic mass is 32.2. The Morgan fingerprint density at radius 1 is 0.903 bits per heavy atom. The van der Waals surface area contributed by atoms with Crippen molar-refractivity contribution >= 4 is 21.5 Å². The lowest BCUT2D eigenvalue weighted by Gasteiger charge is -2.57. The van der Waals surface area contributed by atoms with Crippen LogP contribution in [0.1, 0.15) is 64.9 Å². The molecule has 4 aliphatic rings. The lowest BCUT2D eigenvalue weighted by Crippen LogP contribution is -2.54. The average molecular weight is 440 g/mol. The molecule has 166 valence electrons. The lowest BCUT2D eigenvalue weighted by molar-refractivity contribution is 0.0105. The number of benzene rings is 1. The number of hydrogen-bond donors (Lipinski definition) is 2. The third kappa shape index (κ3) is 4.19. The third-order valence-electron chi connectivity index (χ3n) is 7.48. The Kier molecular flexibility index (Phi) is 4.85. The number of nitrogens with zero attached hydrogens (tertiary/aromatic N) is 1. The van der Waals surface area contributed by atoms with Crippen LogP contribution in [0.15, 0.2) is 47.5 Å². The first-order chi connectivity index (χ1) is 14.6. The number of pyridine rings is 1. The molecule has 4 bridgehead atoms. The van der Waals surface area contributed by atoms with Crippen LogP contribution in [0.5, 0.6) is 0 Å². The Morgan fingerprint density at radius 3 is 1.97 bits per heavy atom. The van der Waals surface area contributed by atoms with E-state index in [9.17, 15) is 8.42 Å². The first kappa shape index (κ1) is 20.8. The molecule has 0 spiro atoms. The topological polar surface area (TPSA) is 71.1 Å². The summed E-state index contributed by atoms with van der Waals surface area (Å²) in [6, 6.07) is 10.8. The zero-order valence-electron chi connectivity index (χ0n) is 18.7. The van der Waals surface area contributed by atoms with Crippen molar-refractivity contribution in [1.29, 1.82) is 0 Å². The van der Waals surface area contributed by atoms with Crippen LogP contribution in [0.4, 0.5) is 11.5 Å². The highest BCUT2D eigenvalue weighted by Crippen LogP contribution is 2.56. The molecule has 0 radical (unpaired) electrons. The number of anilines is 2. The smallest absolute Gasteiger partial charge is 0.261 e. The predicted molar refractivity (Wildman–Crippen MR) is 125 cm³/mol. The van der Waals surface area contributed by atoms with E-state index in [0.29, 0.717) is 5.69 Å².